The molecule has 0 aliphatic rings. The highest BCUT2D eigenvalue weighted by molar-refractivity contribution is 5.82. The quantitative estimate of drug-likeness (QED) is 0.666. The molecule has 0 N–H and O–H groups in total. The lowest BCUT2D eigenvalue weighted by Gasteiger charge is -2.02. The maximum Gasteiger partial charge on any atom is -0.0181 e. The highest BCUT2D eigenvalue weighted by Crippen LogP contribution is 2.16. The second kappa shape index (κ2) is 5.55. The Bertz CT molecular complexity index is 415. The molecule has 0 bridgehead atoms. The Balaban J connectivity index is 0.00000112. The molecule has 0 fully saturated rings. The minimum Gasteiger partial charge on any atom is -0.0776 e. The smallest absolute Gasteiger partial charge is 0.0181 e. The van der Waals surface area contributed by atoms with E-state index in [0.29, 0.717) is 0 Å². The number of benzene rings is 2. The van der Waals surface area contributed by atoms with Gasteiger partial charge in [-0.1, -0.05) is 63.2 Å². The van der Waals surface area contributed by atoms with Gasteiger partial charge in [-0.25, -0.2) is 0 Å². The maximum atomic E-state index is 2.31. The molecule has 0 heterocycles. The normalized spacial score (nSPS) is 9.93. The van der Waals surface area contributed by atoms with Crippen LogP contribution in [0.3, 0.4) is 0 Å². The van der Waals surface area contributed by atoms with Crippen LogP contribution in [-0.2, 0) is 6.42 Å². The summed E-state index contributed by atoms with van der Waals surface area (Å²) in [4.78, 5) is 0. The first kappa shape index (κ1) is 11.8. The Labute approximate surface area is 92.9 Å². The Morgan fingerprint density at radius 2 is 1.67 bits per heavy atom. The SMILES string of the molecule is C.CCCCc1ccc2ccccc2c1. The van der Waals surface area contributed by atoms with Crippen LogP contribution in [0, 0.1) is 0 Å². The molecule has 2 aromatic rings. The number of rotatable bonds is 3. The van der Waals surface area contributed by atoms with E-state index >= 15 is 0 Å². The van der Waals surface area contributed by atoms with Gasteiger partial charge in [-0.15, -0.1) is 0 Å². The Hall–Kier alpha value is -1.30. The molecular formula is C15H20. The Morgan fingerprint density at radius 1 is 0.933 bits per heavy atom. The van der Waals surface area contributed by atoms with Crippen LogP contribution in [0.25, 0.3) is 10.8 Å². The monoisotopic (exact) mass is 200 g/mol. The predicted octanol–water partition coefficient (Wildman–Crippen LogP) is 4.82. The van der Waals surface area contributed by atoms with Gasteiger partial charge in [0.15, 0.2) is 0 Å². The summed E-state index contributed by atoms with van der Waals surface area (Å²) in [5, 5.41) is 2.70. The molecule has 0 aliphatic heterocycles. The summed E-state index contributed by atoms with van der Waals surface area (Å²) >= 11 is 0. The third-order valence-corrected chi connectivity index (χ3v) is 2.63. The third-order valence-electron chi connectivity index (χ3n) is 2.63. The van der Waals surface area contributed by atoms with E-state index in [1.165, 1.54) is 35.6 Å². The van der Waals surface area contributed by atoms with Gasteiger partial charge in [0.05, 0.1) is 0 Å². The first-order chi connectivity index (χ1) is 6.90. The standard InChI is InChI=1S/C14H16.CH4/c1-2-3-6-12-9-10-13-7-4-5-8-14(13)11-12;/h4-5,7-11H,2-3,6H2,1H3;1H4. The number of aryl methyl sites for hydroxylation is 1. The number of hydrogen-bond acceptors (Lipinski definition) is 0. The van der Waals surface area contributed by atoms with E-state index in [0.717, 1.165) is 0 Å². The molecule has 80 valence electrons. The lowest BCUT2D eigenvalue weighted by molar-refractivity contribution is 0.796. The molecule has 0 nitrogen and oxygen atoms in total. The lowest BCUT2D eigenvalue weighted by Crippen LogP contribution is -1.84. The first-order valence-corrected chi connectivity index (χ1v) is 5.38. The van der Waals surface area contributed by atoms with Gasteiger partial charge in [-0.05, 0) is 29.2 Å². The largest absolute Gasteiger partial charge is 0.0776 e. The molecule has 0 spiro atoms. The van der Waals surface area contributed by atoms with Crippen LogP contribution < -0.4 is 0 Å². The highest BCUT2D eigenvalue weighted by Gasteiger charge is 1.95. The van der Waals surface area contributed by atoms with Crippen LogP contribution in [0.2, 0.25) is 0 Å². The van der Waals surface area contributed by atoms with Crippen molar-refractivity contribution in [2.75, 3.05) is 0 Å². The minimum atomic E-state index is 0. The molecule has 0 radical (unpaired) electrons. The van der Waals surface area contributed by atoms with Crippen LogP contribution in [-0.4, -0.2) is 0 Å². The van der Waals surface area contributed by atoms with Gasteiger partial charge in [0.2, 0.25) is 0 Å². The van der Waals surface area contributed by atoms with Crippen molar-refractivity contribution < 1.29 is 0 Å². The molecule has 0 amide bonds. The van der Waals surface area contributed by atoms with E-state index in [4.69, 9.17) is 0 Å². The number of unbranched alkanes of at least 4 members (excludes halogenated alkanes) is 1. The molecule has 15 heavy (non-hydrogen) atoms. The van der Waals surface area contributed by atoms with Gasteiger partial charge < -0.3 is 0 Å². The van der Waals surface area contributed by atoms with Crippen molar-refractivity contribution in [3.8, 4) is 0 Å². The Morgan fingerprint density at radius 3 is 2.40 bits per heavy atom. The van der Waals surface area contributed by atoms with Gasteiger partial charge in [-0.2, -0.15) is 0 Å². The van der Waals surface area contributed by atoms with Crippen LogP contribution in [0.1, 0.15) is 32.8 Å². The fraction of sp³-hybridized carbons (Fsp3) is 0.333. The zero-order chi connectivity index (χ0) is 9.80. The van der Waals surface area contributed by atoms with Gasteiger partial charge in [0.25, 0.3) is 0 Å². The molecule has 0 saturated carbocycles. The average Bonchev–Trinajstić information content (AvgIpc) is 2.26. The maximum absolute atomic E-state index is 2.31. The topological polar surface area (TPSA) is 0 Å². The van der Waals surface area contributed by atoms with Crippen molar-refractivity contribution in [3.05, 3.63) is 48.0 Å². The van der Waals surface area contributed by atoms with E-state index in [1.54, 1.807) is 0 Å². The molecule has 0 unspecified atom stereocenters. The van der Waals surface area contributed by atoms with E-state index in [1.807, 2.05) is 0 Å². The predicted molar refractivity (Wildman–Crippen MR) is 69.3 cm³/mol. The Kier molecular flexibility index (Phi) is 4.36. The average molecular weight is 200 g/mol. The van der Waals surface area contributed by atoms with Gasteiger partial charge >= 0.3 is 0 Å². The lowest BCUT2D eigenvalue weighted by atomic mass is 10.0. The number of hydrogen-bond donors (Lipinski definition) is 0. The molecule has 0 heteroatoms. The summed E-state index contributed by atoms with van der Waals surface area (Å²) < 4.78 is 0. The van der Waals surface area contributed by atoms with E-state index in [9.17, 15) is 0 Å². The fourth-order valence-electron chi connectivity index (χ4n) is 1.78. The molecular weight excluding hydrogens is 180 g/mol. The van der Waals surface area contributed by atoms with Crippen molar-refractivity contribution >= 4 is 10.8 Å². The van der Waals surface area contributed by atoms with Crippen molar-refractivity contribution in [1.29, 1.82) is 0 Å². The molecule has 0 aliphatic carbocycles. The summed E-state index contributed by atoms with van der Waals surface area (Å²) in [5.41, 5.74) is 1.46. The van der Waals surface area contributed by atoms with Gasteiger partial charge in [0.1, 0.15) is 0 Å². The van der Waals surface area contributed by atoms with E-state index in [2.05, 4.69) is 49.4 Å². The molecule has 2 aromatic carbocycles. The van der Waals surface area contributed by atoms with Gasteiger partial charge in [0, 0.05) is 0 Å². The minimum absolute atomic E-state index is 0. The van der Waals surface area contributed by atoms with Crippen LogP contribution >= 0.6 is 0 Å². The third kappa shape index (κ3) is 2.82. The van der Waals surface area contributed by atoms with Crippen molar-refractivity contribution in [3.63, 3.8) is 0 Å². The molecule has 2 rings (SSSR count). The van der Waals surface area contributed by atoms with Crippen molar-refractivity contribution in [1.82, 2.24) is 0 Å². The first-order valence-electron chi connectivity index (χ1n) is 5.38. The highest BCUT2D eigenvalue weighted by atomic mass is 14.0. The second-order valence-electron chi connectivity index (χ2n) is 3.79. The summed E-state index contributed by atoms with van der Waals surface area (Å²) in [5.74, 6) is 0. The van der Waals surface area contributed by atoms with E-state index in [-0.39, 0.29) is 7.43 Å². The summed E-state index contributed by atoms with van der Waals surface area (Å²) in [6.45, 7) is 2.24. The van der Waals surface area contributed by atoms with Gasteiger partial charge in [-0.3, -0.25) is 0 Å². The van der Waals surface area contributed by atoms with Crippen LogP contribution in [0.4, 0.5) is 0 Å². The van der Waals surface area contributed by atoms with Crippen molar-refractivity contribution in [2.45, 2.75) is 33.6 Å². The zero-order valence-electron chi connectivity index (χ0n) is 8.66. The summed E-state index contributed by atoms with van der Waals surface area (Å²) in [6.07, 6.45) is 3.77. The summed E-state index contributed by atoms with van der Waals surface area (Å²) in [6, 6.07) is 15.3. The second-order valence-corrected chi connectivity index (χ2v) is 3.79. The molecule has 0 saturated heterocycles. The van der Waals surface area contributed by atoms with Crippen molar-refractivity contribution in [2.24, 2.45) is 0 Å². The number of fused-ring (bicyclic) bond motifs is 1. The summed E-state index contributed by atoms with van der Waals surface area (Å²) in [7, 11) is 0. The molecule has 0 aromatic heterocycles. The van der Waals surface area contributed by atoms with Crippen LogP contribution in [0.5, 0.6) is 0 Å². The van der Waals surface area contributed by atoms with E-state index < -0.39 is 0 Å². The zero-order valence-corrected chi connectivity index (χ0v) is 8.66. The van der Waals surface area contributed by atoms with Crippen LogP contribution in [0.15, 0.2) is 42.5 Å². The fourth-order valence-corrected chi connectivity index (χ4v) is 1.78. The molecule has 0 atom stereocenters.